The number of imide groups is 1. The molecule has 0 saturated carbocycles. The second-order valence-corrected chi connectivity index (χ2v) is 4.13. The lowest BCUT2D eigenvalue weighted by Gasteiger charge is -2.31. The highest BCUT2D eigenvalue weighted by Gasteiger charge is 2.27. The van der Waals surface area contributed by atoms with E-state index >= 15 is 0 Å². The molecule has 0 radical (unpaired) electrons. The zero-order valence-electron chi connectivity index (χ0n) is 9.91. The van der Waals surface area contributed by atoms with Crippen LogP contribution in [0.15, 0.2) is 0 Å². The highest BCUT2D eigenvalue weighted by Crippen LogP contribution is 1.97. The Kier molecular flexibility index (Phi) is 4.70. The number of morpholine rings is 1. The van der Waals surface area contributed by atoms with Crippen LogP contribution in [-0.4, -0.2) is 51.0 Å². The fourth-order valence-electron chi connectivity index (χ4n) is 1.97. The van der Waals surface area contributed by atoms with Crippen molar-refractivity contribution in [2.75, 3.05) is 26.7 Å². The maximum absolute atomic E-state index is 11.4. The van der Waals surface area contributed by atoms with Crippen LogP contribution in [0.3, 0.4) is 0 Å². The first-order valence-corrected chi connectivity index (χ1v) is 5.38. The number of carbonyl (C=O) groups excluding carboxylic acids is 2. The van der Waals surface area contributed by atoms with E-state index in [2.05, 4.69) is 10.1 Å². The summed E-state index contributed by atoms with van der Waals surface area (Å²) in [6.07, 6.45) is -0.423. The lowest BCUT2D eigenvalue weighted by Crippen LogP contribution is -3.16. The van der Waals surface area contributed by atoms with Gasteiger partial charge in [-0.3, -0.25) is 10.1 Å². The van der Waals surface area contributed by atoms with Gasteiger partial charge in [0.15, 0.2) is 6.54 Å². The molecule has 0 aromatic rings. The van der Waals surface area contributed by atoms with Gasteiger partial charge in [0, 0.05) is 0 Å². The van der Waals surface area contributed by atoms with Crippen LogP contribution in [0, 0.1) is 0 Å². The number of carbonyl (C=O) groups is 2. The molecule has 0 aliphatic carbocycles. The van der Waals surface area contributed by atoms with Gasteiger partial charge >= 0.3 is 6.09 Å². The average molecular weight is 231 g/mol. The third-order valence-corrected chi connectivity index (χ3v) is 2.45. The lowest BCUT2D eigenvalue weighted by atomic mass is 10.2. The van der Waals surface area contributed by atoms with E-state index in [1.54, 1.807) is 0 Å². The van der Waals surface area contributed by atoms with Crippen LogP contribution in [0.25, 0.3) is 0 Å². The van der Waals surface area contributed by atoms with Crippen molar-refractivity contribution in [3.8, 4) is 0 Å². The van der Waals surface area contributed by atoms with Crippen LogP contribution in [0.5, 0.6) is 0 Å². The molecule has 0 aromatic heterocycles. The van der Waals surface area contributed by atoms with E-state index in [-0.39, 0.29) is 24.7 Å². The molecule has 92 valence electrons. The van der Waals surface area contributed by atoms with E-state index in [0.29, 0.717) is 0 Å². The molecule has 3 atom stereocenters. The Morgan fingerprint density at radius 3 is 2.44 bits per heavy atom. The highest BCUT2D eigenvalue weighted by molar-refractivity contribution is 5.92. The quantitative estimate of drug-likeness (QED) is 0.611. The van der Waals surface area contributed by atoms with Crippen molar-refractivity contribution < 1.29 is 24.0 Å². The summed E-state index contributed by atoms with van der Waals surface area (Å²) in [4.78, 5) is 23.3. The summed E-state index contributed by atoms with van der Waals surface area (Å²) in [5.74, 6) is -0.317. The molecule has 16 heavy (non-hydrogen) atoms. The fraction of sp³-hybridized carbons (Fsp3) is 0.800. The molecule has 1 rings (SSSR count). The van der Waals surface area contributed by atoms with Crippen molar-refractivity contribution in [1.82, 2.24) is 5.32 Å². The summed E-state index contributed by atoms with van der Waals surface area (Å²) >= 11 is 0. The number of hydrogen-bond acceptors (Lipinski definition) is 4. The summed E-state index contributed by atoms with van der Waals surface area (Å²) in [6, 6.07) is 0. The zero-order chi connectivity index (χ0) is 12.1. The summed E-state index contributed by atoms with van der Waals surface area (Å²) in [5.41, 5.74) is 0. The van der Waals surface area contributed by atoms with Gasteiger partial charge in [-0.1, -0.05) is 0 Å². The molecular formula is C10H19N2O4+. The number of methoxy groups -OCH3 is 1. The molecule has 6 nitrogen and oxygen atoms in total. The van der Waals surface area contributed by atoms with Crippen molar-refractivity contribution in [3.63, 3.8) is 0 Å². The smallest absolute Gasteiger partial charge is 0.413 e. The van der Waals surface area contributed by atoms with Gasteiger partial charge < -0.3 is 14.4 Å². The monoisotopic (exact) mass is 231 g/mol. The molecule has 1 fully saturated rings. The molecule has 2 N–H and O–H groups in total. The van der Waals surface area contributed by atoms with Gasteiger partial charge in [0.25, 0.3) is 5.91 Å². The molecule has 1 unspecified atom stereocenters. The second kappa shape index (κ2) is 5.81. The van der Waals surface area contributed by atoms with Crippen LogP contribution < -0.4 is 10.2 Å². The van der Waals surface area contributed by atoms with Gasteiger partial charge in [-0.15, -0.1) is 0 Å². The normalized spacial score (nSPS) is 29.6. The molecule has 0 aromatic carbocycles. The van der Waals surface area contributed by atoms with Crippen molar-refractivity contribution >= 4 is 12.0 Å². The predicted octanol–water partition coefficient (Wildman–Crippen LogP) is -1.44. The summed E-state index contributed by atoms with van der Waals surface area (Å²) in [5, 5.41) is 2.14. The van der Waals surface area contributed by atoms with E-state index in [1.165, 1.54) is 7.11 Å². The third kappa shape index (κ3) is 4.16. The molecule has 0 bridgehead atoms. The Labute approximate surface area is 94.9 Å². The van der Waals surface area contributed by atoms with E-state index < -0.39 is 6.09 Å². The third-order valence-electron chi connectivity index (χ3n) is 2.45. The number of rotatable bonds is 2. The van der Waals surface area contributed by atoms with E-state index in [0.717, 1.165) is 18.0 Å². The summed E-state index contributed by atoms with van der Waals surface area (Å²) < 4.78 is 9.90. The predicted molar refractivity (Wildman–Crippen MR) is 56.1 cm³/mol. The molecule has 1 saturated heterocycles. The van der Waals surface area contributed by atoms with Gasteiger partial charge in [0.2, 0.25) is 0 Å². The first kappa shape index (κ1) is 12.9. The topological polar surface area (TPSA) is 69.1 Å². The van der Waals surface area contributed by atoms with Gasteiger partial charge in [0.1, 0.15) is 25.3 Å². The fourth-order valence-corrected chi connectivity index (χ4v) is 1.97. The van der Waals surface area contributed by atoms with Crippen LogP contribution >= 0.6 is 0 Å². The molecule has 1 heterocycles. The van der Waals surface area contributed by atoms with Crippen LogP contribution in [0.1, 0.15) is 13.8 Å². The first-order valence-electron chi connectivity index (χ1n) is 5.38. The van der Waals surface area contributed by atoms with E-state index in [9.17, 15) is 9.59 Å². The molecule has 1 aliphatic heterocycles. The van der Waals surface area contributed by atoms with E-state index in [1.807, 2.05) is 13.8 Å². The molecule has 2 amide bonds. The van der Waals surface area contributed by atoms with Gasteiger partial charge in [-0.05, 0) is 13.8 Å². The second-order valence-electron chi connectivity index (χ2n) is 4.13. The van der Waals surface area contributed by atoms with Crippen molar-refractivity contribution in [3.05, 3.63) is 0 Å². The average Bonchev–Trinajstić information content (AvgIpc) is 2.15. The van der Waals surface area contributed by atoms with Crippen LogP contribution in [0.4, 0.5) is 4.79 Å². The van der Waals surface area contributed by atoms with Crippen LogP contribution in [-0.2, 0) is 14.3 Å². The van der Waals surface area contributed by atoms with Gasteiger partial charge in [0.05, 0.1) is 7.11 Å². The molecular weight excluding hydrogens is 212 g/mol. The van der Waals surface area contributed by atoms with Crippen molar-refractivity contribution in [2.24, 2.45) is 0 Å². The Bertz CT molecular complexity index is 260. The highest BCUT2D eigenvalue weighted by atomic mass is 16.5. The standard InChI is InChI=1S/C10H18N2O4/c1-7-4-12(5-8(2)16-7)6-9(13)11-10(14)15-3/h7-8H,4-6H2,1-3H3,(H,11,13,14)/p+1/t7-,8+. The van der Waals surface area contributed by atoms with E-state index in [4.69, 9.17) is 4.74 Å². The summed E-state index contributed by atoms with van der Waals surface area (Å²) in [7, 11) is 1.23. The van der Waals surface area contributed by atoms with Crippen molar-refractivity contribution in [2.45, 2.75) is 26.1 Å². The number of ether oxygens (including phenoxy) is 2. The SMILES string of the molecule is COC(=O)NC(=O)C[NH+]1C[C@@H](C)O[C@@H](C)C1. The minimum Gasteiger partial charge on any atom is -0.453 e. The molecule has 0 spiro atoms. The number of quaternary nitrogens is 1. The Hall–Kier alpha value is -1.14. The lowest BCUT2D eigenvalue weighted by molar-refractivity contribution is -0.907. The summed E-state index contributed by atoms with van der Waals surface area (Å²) in [6.45, 7) is 5.78. The minimum absolute atomic E-state index is 0.143. The number of nitrogens with one attached hydrogen (secondary N) is 2. The maximum Gasteiger partial charge on any atom is 0.413 e. The minimum atomic E-state index is -0.709. The molecule has 6 heteroatoms. The number of amides is 2. The Morgan fingerprint density at radius 1 is 1.38 bits per heavy atom. The van der Waals surface area contributed by atoms with Crippen molar-refractivity contribution in [1.29, 1.82) is 0 Å². The molecule has 1 aliphatic rings. The van der Waals surface area contributed by atoms with Gasteiger partial charge in [-0.2, -0.15) is 0 Å². The number of alkyl carbamates (subject to hydrolysis) is 1. The largest absolute Gasteiger partial charge is 0.453 e. The first-order chi connectivity index (χ1) is 7.51. The maximum atomic E-state index is 11.4. The number of hydrogen-bond donors (Lipinski definition) is 2. The Balaban J connectivity index is 2.35. The van der Waals surface area contributed by atoms with Gasteiger partial charge in [-0.25, -0.2) is 4.79 Å². The zero-order valence-corrected chi connectivity index (χ0v) is 9.91. The Morgan fingerprint density at radius 2 is 1.94 bits per heavy atom. The van der Waals surface area contributed by atoms with Crippen LogP contribution in [0.2, 0.25) is 0 Å².